The fourth-order valence-corrected chi connectivity index (χ4v) is 1.74. The second-order valence-corrected chi connectivity index (χ2v) is 3.71. The van der Waals surface area contributed by atoms with Gasteiger partial charge in [-0.2, -0.15) is 0 Å². The van der Waals surface area contributed by atoms with Crippen LogP contribution in [0.15, 0.2) is 35.9 Å². The summed E-state index contributed by atoms with van der Waals surface area (Å²) in [6, 6.07) is 7.02. The van der Waals surface area contributed by atoms with Crippen molar-refractivity contribution in [1.29, 1.82) is 0 Å². The maximum atomic E-state index is 11.9. The Labute approximate surface area is 99.5 Å². The first-order valence-electron chi connectivity index (χ1n) is 5.43. The van der Waals surface area contributed by atoms with Crippen molar-refractivity contribution in [1.82, 2.24) is 0 Å². The number of anilines is 1. The number of benzene rings is 1. The normalized spacial score (nSPS) is 15.2. The Kier molecular flexibility index (Phi) is 2.95. The molecule has 88 valence electrons. The predicted molar refractivity (Wildman–Crippen MR) is 63.9 cm³/mol. The fraction of sp³-hybridized carbons (Fsp3) is 0.231. The van der Waals surface area contributed by atoms with Gasteiger partial charge in [-0.1, -0.05) is 12.1 Å². The van der Waals surface area contributed by atoms with E-state index in [0.717, 1.165) is 4.90 Å². The van der Waals surface area contributed by atoms with Gasteiger partial charge in [0, 0.05) is 11.6 Å². The standard InChI is InChI=1S/C13H13NO3/c1-3-17-11-7-5-4-6-10(11)14-12(15)8-9(2)13(14)16/h4-8H,3H2,1-2H3. The van der Waals surface area contributed by atoms with Gasteiger partial charge >= 0.3 is 0 Å². The van der Waals surface area contributed by atoms with E-state index in [1.165, 1.54) is 6.08 Å². The van der Waals surface area contributed by atoms with Crippen LogP contribution in [0, 0.1) is 0 Å². The average Bonchev–Trinajstić information content (AvgIpc) is 2.55. The Morgan fingerprint density at radius 2 is 1.94 bits per heavy atom. The minimum absolute atomic E-state index is 0.290. The molecule has 1 heterocycles. The zero-order chi connectivity index (χ0) is 12.4. The van der Waals surface area contributed by atoms with Gasteiger partial charge in [0.15, 0.2) is 0 Å². The van der Waals surface area contributed by atoms with Gasteiger partial charge in [0.05, 0.1) is 12.3 Å². The fourth-order valence-electron chi connectivity index (χ4n) is 1.74. The van der Waals surface area contributed by atoms with Gasteiger partial charge in [-0.3, -0.25) is 9.59 Å². The highest BCUT2D eigenvalue weighted by Crippen LogP contribution is 2.31. The van der Waals surface area contributed by atoms with E-state index in [4.69, 9.17) is 4.74 Å². The smallest absolute Gasteiger partial charge is 0.261 e. The first kappa shape index (κ1) is 11.4. The molecule has 0 radical (unpaired) electrons. The molecule has 1 aliphatic heterocycles. The molecule has 0 saturated heterocycles. The molecule has 0 aliphatic carbocycles. The quantitative estimate of drug-likeness (QED) is 0.746. The Balaban J connectivity index is 2.42. The SMILES string of the molecule is CCOc1ccccc1N1C(=O)C=C(C)C1=O. The van der Waals surface area contributed by atoms with E-state index < -0.39 is 0 Å². The van der Waals surface area contributed by atoms with Crippen LogP contribution in [-0.4, -0.2) is 18.4 Å². The van der Waals surface area contributed by atoms with Crippen LogP contribution < -0.4 is 9.64 Å². The lowest BCUT2D eigenvalue weighted by Crippen LogP contribution is -2.30. The lowest BCUT2D eigenvalue weighted by molar-refractivity contribution is -0.120. The largest absolute Gasteiger partial charge is 0.492 e. The molecule has 2 amide bonds. The molecular formula is C13H13NO3. The van der Waals surface area contributed by atoms with E-state index in [1.54, 1.807) is 31.2 Å². The summed E-state index contributed by atoms with van der Waals surface area (Å²) in [5.41, 5.74) is 0.943. The van der Waals surface area contributed by atoms with Crippen LogP contribution in [0.1, 0.15) is 13.8 Å². The molecule has 0 spiro atoms. The summed E-state index contributed by atoms with van der Waals surface area (Å²) >= 11 is 0. The molecule has 0 saturated carbocycles. The second kappa shape index (κ2) is 4.41. The molecule has 1 aliphatic rings. The molecule has 0 N–H and O–H groups in total. The second-order valence-electron chi connectivity index (χ2n) is 3.71. The summed E-state index contributed by atoms with van der Waals surface area (Å²) in [6.45, 7) is 3.97. The van der Waals surface area contributed by atoms with Crippen LogP contribution in [0.3, 0.4) is 0 Å². The monoisotopic (exact) mass is 231 g/mol. The summed E-state index contributed by atoms with van der Waals surface area (Å²) in [7, 11) is 0. The minimum atomic E-state index is -0.320. The van der Waals surface area contributed by atoms with Gasteiger partial charge in [-0.15, -0.1) is 0 Å². The molecule has 17 heavy (non-hydrogen) atoms. The van der Waals surface area contributed by atoms with Crippen LogP contribution in [0.2, 0.25) is 0 Å². The van der Waals surface area contributed by atoms with Crippen LogP contribution in [0.5, 0.6) is 5.75 Å². The number of carbonyl (C=O) groups is 2. The highest BCUT2D eigenvalue weighted by Gasteiger charge is 2.31. The number of hydrogen-bond acceptors (Lipinski definition) is 3. The third kappa shape index (κ3) is 1.93. The molecule has 0 unspecified atom stereocenters. The topological polar surface area (TPSA) is 46.6 Å². The number of rotatable bonds is 3. The average molecular weight is 231 g/mol. The van der Waals surface area contributed by atoms with Gasteiger partial charge in [-0.05, 0) is 26.0 Å². The van der Waals surface area contributed by atoms with Gasteiger partial charge < -0.3 is 4.74 Å². The zero-order valence-electron chi connectivity index (χ0n) is 9.77. The molecule has 2 rings (SSSR count). The number of para-hydroxylation sites is 2. The van der Waals surface area contributed by atoms with Crippen molar-refractivity contribution >= 4 is 17.5 Å². The van der Waals surface area contributed by atoms with Crippen molar-refractivity contribution in [2.75, 3.05) is 11.5 Å². The molecule has 4 nitrogen and oxygen atoms in total. The zero-order valence-corrected chi connectivity index (χ0v) is 9.77. The van der Waals surface area contributed by atoms with E-state index >= 15 is 0 Å². The van der Waals surface area contributed by atoms with Crippen molar-refractivity contribution in [3.8, 4) is 5.75 Å². The summed E-state index contributed by atoms with van der Waals surface area (Å²) in [4.78, 5) is 24.7. The minimum Gasteiger partial charge on any atom is -0.492 e. The van der Waals surface area contributed by atoms with E-state index in [9.17, 15) is 9.59 Å². The van der Waals surface area contributed by atoms with Crippen molar-refractivity contribution in [2.45, 2.75) is 13.8 Å². The van der Waals surface area contributed by atoms with Gasteiger partial charge in [-0.25, -0.2) is 4.90 Å². The summed E-state index contributed by atoms with van der Waals surface area (Å²) in [5, 5.41) is 0. The highest BCUT2D eigenvalue weighted by molar-refractivity contribution is 6.30. The third-order valence-electron chi connectivity index (χ3n) is 2.51. The molecule has 0 fully saturated rings. The number of ether oxygens (including phenoxy) is 1. The van der Waals surface area contributed by atoms with Crippen LogP contribution >= 0.6 is 0 Å². The molecular weight excluding hydrogens is 218 g/mol. The summed E-state index contributed by atoms with van der Waals surface area (Å²) in [6.07, 6.45) is 1.34. The summed E-state index contributed by atoms with van der Waals surface area (Å²) in [5.74, 6) is -0.0680. The predicted octanol–water partition coefficient (Wildman–Crippen LogP) is 1.90. The third-order valence-corrected chi connectivity index (χ3v) is 2.51. The van der Waals surface area contributed by atoms with Crippen LogP contribution in [-0.2, 0) is 9.59 Å². The maximum absolute atomic E-state index is 11.9. The maximum Gasteiger partial charge on any atom is 0.261 e. The number of hydrogen-bond donors (Lipinski definition) is 0. The molecule has 4 heteroatoms. The number of nitrogens with zero attached hydrogens (tertiary/aromatic N) is 1. The van der Waals surface area contributed by atoms with E-state index in [-0.39, 0.29) is 11.8 Å². The van der Waals surface area contributed by atoms with Crippen molar-refractivity contribution in [3.63, 3.8) is 0 Å². The Morgan fingerprint density at radius 3 is 2.53 bits per heavy atom. The van der Waals surface area contributed by atoms with Crippen LogP contribution in [0.4, 0.5) is 5.69 Å². The van der Waals surface area contributed by atoms with Crippen LogP contribution in [0.25, 0.3) is 0 Å². The molecule has 0 atom stereocenters. The number of amides is 2. The number of imide groups is 1. The lowest BCUT2D eigenvalue weighted by Gasteiger charge is -2.18. The summed E-state index contributed by atoms with van der Waals surface area (Å²) < 4.78 is 5.41. The highest BCUT2D eigenvalue weighted by atomic mass is 16.5. The van der Waals surface area contributed by atoms with Crippen molar-refractivity contribution in [3.05, 3.63) is 35.9 Å². The van der Waals surface area contributed by atoms with Crippen molar-refractivity contribution < 1.29 is 14.3 Å². The van der Waals surface area contributed by atoms with Gasteiger partial charge in [0.2, 0.25) is 0 Å². The molecule has 1 aromatic carbocycles. The Morgan fingerprint density at radius 1 is 1.24 bits per heavy atom. The first-order valence-corrected chi connectivity index (χ1v) is 5.43. The van der Waals surface area contributed by atoms with E-state index in [1.807, 2.05) is 6.92 Å². The van der Waals surface area contributed by atoms with Gasteiger partial charge in [0.1, 0.15) is 5.75 Å². The van der Waals surface area contributed by atoms with E-state index in [2.05, 4.69) is 0 Å². The van der Waals surface area contributed by atoms with E-state index in [0.29, 0.717) is 23.6 Å². The molecule has 1 aromatic rings. The van der Waals surface area contributed by atoms with Crippen molar-refractivity contribution in [2.24, 2.45) is 0 Å². The Hall–Kier alpha value is -2.10. The number of carbonyl (C=O) groups excluding carboxylic acids is 2. The van der Waals surface area contributed by atoms with Gasteiger partial charge in [0.25, 0.3) is 11.8 Å². The molecule has 0 aromatic heterocycles. The molecule has 0 bridgehead atoms. The lowest BCUT2D eigenvalue weighted by atomic mass is 10.2. The first-order chi connectivity index (χ1) is 8.15. The Bertz CT molecular complexity index is 505.